The lowest BCUT2D eigenvalue weighted by Gasteiger charge is -2.17. The smallest absolute Gasteiger partial charge is 0.229 e. The molecular formula is C17H14Cl2N2O2. The zero-order valence-electron chi connectivity index (χ0n) is 12.1. The van der Waals surface area contributed by atoms with Crippen molar-refractivity contribution in [3.8, 4) is 0 Å². The first-order valence-electron chi connectivity index (χ1n) is 7.16. The molecule has 0 spiro atoms. The second kappa shape index (κ2) is 6.60. The zero-order chi connectivity index (χ0) is 16.4. The van der Waals surface area contributed by atoms with Crippen molar-refractivity contribution in [2.45, 2.75) is 6.42 Å². The number of anilines is 2. The summed E-state index contributed by atoms with van der Waals surface area (Å²) in [5.74, 6) is -0.691. The van der Waals surface area contributed by atoms with E-state index in [0.29, 0.717) is 22.3 Å². The number of nitrogens with zero attached hydrogens (tertiary/aromatic N) is 1. The van der Waals surface area contributed by atoms with Gasteiger partial charge in [-0.15, -0.1) is 0 Å². The summed E-state index contributed by atoms with van der Waals surface area (Å²) in [4.78, 5) is 26.2. The van der Waals surface area contributed by atoms with E-state index in [2.05, 4.69) is 5.32 Å². The average Bonchev–Trinajstić information content (AvgIpc) is 2.92. The van der Waals surface area contributed by atoms with Gasteiger partial charge in [-0.1, -0.05) is 35.3 Å². The van der Waals surface area contributed by atoms with Crippen LogP contribution in [0.4, 0.5) is 11.4 Å². The van der Waals surface area contributed by atoms with Gasteiger partial charge in [0.2, 0.25) is 11.8 Å². The Labute approximate surface area is 144 Å². The normalized spacial score (nSPS) is 17.4. The highest BCUT2D eigenvalue weighted by molar-refractivity contribution is 6.33. The second-order valence-electron chi connectivity index (χ2n) is 5.35. The SMILES string of the molecule is O=C(Nc1ccccc1Cl)C1CC(=O)N(c2ccc(Cl)cc2)C1. The van der Waals surface area contributed by atoms with Crippen LogP contribution < -0.4 is 10.2 Å². The van der Waals surface area contributed by atoms with Gasteiger partial charge in [-0.2, -0.15) is 0 Å². The molecule has 2 aromatic rings. The van der Waals surface area contributed by atoms with Crippen molar-refractivity contribution >= 4 is 46.4 Å². The van der Waals surface area contributed by atoms with Crippen LogP contribution in [0.1, 0.15) is 6.42 Å². The molecule has 1 aliphatic heterocycles. The fourth-order valence-corrected chi connectivity index (χ4v) is 2.86. The molecule has 1 N–H and O–H groups in total. The maximum absolute atomic E-state index is 12.4. The van der Waals surface area contributed by atoms with Crippen molar-refractivity contribution in [2.24, 2.45) is 5.92 Å². The molecule has 0 aliphatic carbocycles. The first kappa shape index (κ1) is 15.8. The van der Waals surface area contributed by atoms with Gasteiger partial charge < -0.3 is 10.2 Å². The van der Waals surface area contributed by atoms with E-state index in [1.807, 2.05) is 0 Å². The van der Waals surface area contributed by atoms with Gasteiger partial charge in [-0.05, 0) is 36.4 Å². The van der Waals surface area contributed by atoms with Crippen LogP contribution in [0.3, 0.4) is 0 Å². The molecule has 118 valence electrons. The second-order valence-corrected chi connectivity index (χ2v) is 6.19. The van der Waals surface area contributed by atoms with Crippen LogP contribution in [-0.2, 0) is 9.59 Å². The first-order chi connectivity index (χ1) is 11.0. The Morgan fingerprint density at radius 1 is 1.09 bits per heavy atom. The Hall–Kier alpha value is -2.04. The summed E-state index contributed by atoms with van der Waals surface area (Å²) in [6.45, 7) is 0.344. The van der Waals surface area contributed by atoms with Gasteiger partial charge in [0.05, 0.1) is 16.6 Å². The summed E-state index contributed by atoms with van der Waals surface area (Å²) in [6.07, 6.45) is 0.179. The van der Waals surface area contributed by atoms with Crippen LogP contribution in [0.5, 0.6) is 0 Å². The molecule has 4 nitrogen and oxygen atoms in total. The van der Waals surface area contributed by atoms with Crippen LogP contribution in [0.25, 0.3) is 0 Å². The number of nitrogens with one attached hydrogen (secondary N) is 1. The highest BCUT2D eigenvalue weighted by atomic mass is 35.5. The predicted molar refractivity (Wildman–Crippen MR) is 92.0 cm³/mol. The van der Waals surface area contributed by atoms with E-state index in [9.17, 15) is 9.59 Å². The third-order valence-corrected chi connectivity index (χ3v) is 4.35. The number of benzene rings is 2. The number of carbonyl (C=O) groups is 2. The Morgan fingerprint density at radius 2 is 1.78 bits per heavy atom. The van der Waals surface area contributed by atoms with Crippen molar-refractivity contribution in [1.29, 1.82) is 0 Å². The van der Waals surface area contributed by atoms with Crippen LogP contribution in [0, 0.1) is 5.92 Å². The maximum atomic E-state index is 12.4. The molecule has 23 heavy (non-hydrogen) atoms. The fraction of sp³-hybridized carbons (Fsp3) is 0.176. The van der Waals surface area contributed by atoms with Gasteiger partial charge in [-0.25, -0.2) is 0 Å². The molecular weight excluding hydrogens is 335 g/mol. The Balaban J connectivity index is 1.71. The molecule has 1 saturated heterocycles. The minimum Gasteiger partial charge on any atom is -0.324 e. The number of halogens is 2. The lowest BCUT2D eigenvalue weighted by molar-refractivity contribution is -0.122. The molecule has 3 rings (SSSR count). The minimum absolute atomic E-state index is 0.0772. The van der Waals surface area contributed by atoms with Crippen LogP contribution in [-0.4, -0.2) is 18.4 Å². The maximum Gasteiger partial charge on any atom is 0.229 e. The first-order valence-corrected chi connectivity index (χ1v) is 7.91. The van der Waals surface area contributed by atoms with Gasteiger partial charge in [0.25, 0.3) is 0 Å². The highest BCUT2D eigenvalue weighted by Crippen LogP contribution is 2.28. The van der Waals surface area contributed by atoms with E-state index >= 15 is 0 Å². The van der Waals surface area contributed by atoms with Gasteiger partial charge in [0.1, 0.15) is 0 Å². The molecule has 1 unspecified atom stereocenters. The molecule has 1 aliphatic rings. The Kier molecular flexibility index (Phi) is 4.55. The number of rotatable bonds is 3. The summed E-state index contributed by atoms with van der Waals surface area (Å²) < 4.78 is 0. The van der Waals surface area contributed by atoms with Crippen molar-refractivity contribution in [3.63, 3.8) is 0 Å². The van der Waals surface area contributed by atoms with Crippen LogP contribution in [0.15, 0.2) is 48.5 Å². The summed E-state index contributed by atoms with van der Waals surface area (Å²) in [5, 5.41) is 3.86. The molecule has 2 amide bonds. The average molecular weight is 349 g/mol. The van der Waals surface area contributed by atoms with Gasteiger partial charge in [0.15, 0.2) is 0 Å². The van der Waals surface area contributed by atoms with E-state index in [0.717, 1.165) is 5.69 Å². The molecule has 0 radical (unpaired) electrons. The summed E-state index contributed by atoms with van der Waals surface area (Å²) in [6, 6.07) is 14.0. The number of hydrogen-bond donors (Lipinski definition) is 1. The molecule has 1 heterocycles. The molecule has 6 heteroatoms. The van der Waals surface area contributed by atoms with Crippen molar-refractivity contribution in [3.05, 3.63) is 58.6 Å². The van der Waals surface area contributed by atoms with Gasteiger partial charge in [0, 0.05) is 23.7 Å². The molecule has 0 bridgehead atoms. The lowest BCUT2D eigenvalue weighted by Crippen LogP contribution is -2.28. The van der Waals surface area contributed by atoms with Gasteiger partial charge >= 0.3 is 0 Å². The molecule has 0 saturated carbocycles. The topological polar surface area (TPSA) is 49.4 Å². The van der Waals surface area contributed by atoms with E-state index in [-0.39, 0.29) is 18.2 Å². The predicted octanol–water partition coefficient (Wildman–Crippen LogP) is 3.99. The Morgan fingerprint density at radius 3 is 2.48 bits per heavy atom. The van der Waals surface area contributed by atoms with E-state index < -0.39 is 5.92 Å². The number of carbonyl (C=O) groups excluding carboxylic acids is 2. The monoisotopic (exact) mass is 348 g/mol. The third-order valence-electron chi connectivity index (χ3n) is 3.77. The lowest BCUT2D eigenvalue weighted by atomic mass is 10.1. The molecule has 1 fully saturated rings. The van der Waals surface area contributed by atoms with E-state index in [1.165, 1.54) is 0 Å². The van der Waals surface area contributed by atoms with Gasteiger partial charge in [-0.3, -0.25) is 9.59 Å². The third kappa shape index (κ3) is 3.49. The number of amides is 2. The zero-order valence-corrected chi connectivity index (χ0v) is 13.6. The van der Waals surface area contributed by atoms with Crippen molar-refractivity contribution in [2.75, 3.05) is 16.8 Å². The minimum atomic E-state index is -0.408. The van der Waals surface area contributed by atoms with Crippen molar-refractivity contribution < 1.29 is 9.59 Å². The number of hydrogen-bond acceptors (Lipinski definition) is 2. The highest BCUT2D eigenvalue weighted by Gasteiger charge is 2.35. The number of para-hydroxylation sites is 1. The summed E-state index contributed by atoms with van der Waals surface area (Å²) >= 11 is 11.9. The summed E-state index contributed by atoms with van der Waals surface area (Å²) in [7, 11) is 0. The van der Waals surface area contributed by atoms with E-state index in [4.69, 9.17) is 23.2 Å². The van der Waals surface area contributed by atoms with Crippen molar-refractivity contribution in [1.82, 2.24) is 0 Å². The van der Waals surface area contributed by atoms with Crippen LogP contribution >= 0.6 is 23.2 Å². The summed E-state index contributed by atoms with van der Waals surface area (Å²) in [5.41, 5.74) is 1.30. The standard InChI is InChI=1S/C17H14Cl2N2O2/c18-12-5-7-13(8-6-12)21-10-11(9-16(21)22)17(23)20-15-4-2-1-3-14(15)19/h1-8,11H,9-10H2,(H,20,23). The molecule has 1 atom stereocenters. The fourth-order valence-electron chi connectivity index (χ4n) is 2.55. The van der Waals surface area contributed by atoms with Crippen LogP contribution in [0.2, 0.25) is 10.0 Å². The quantitative estimate of drug-likeness (QED) is 0.911. The largest absolute Gasteiger partial charge is 0.324 e. The van der Waals surface area contributed by atoms with E-state index in [1.54, 1.807) is 53.4 Å². The molecule has 2 aromatic carbocycles. The molecule has 0 aromatic heterocycles. The Bertz CT molecular complexity index is 747.